The zero-order chi connectivity index (χ0) is 17.1. The van der Waals surface area contributed by atoms with E-state index in [4.69, 9.17) is 9.47 Å². The molecule has 0 fully saturated rings. The van der Waals surface area contributed by atoms with E-state index >= 15 is 0 Å². The molecule has 0 aliphatic heterocycles. The summed E-state index contributed by atoms with van der Waals surface area (Å²) < 4.78 is 9.66. The quantitative estimate of drug-likeness (QED) is 0.582. The summed E-state index contributed by atoms with van der Waals surface area (Å²) in [4.78, 5) is 35.3. The van der Waals surface area contributed by atoms with Crippen LogP contribution in [0.2, 0.25) is 0 Å². The van der Waals surface area contributed by atoms with E-state index in [1.54, 1.807) is 19.9 Å². The Morgan fingerprint density at radius 2 is 1.74 bits per heavy atom. The van der Waals surface area contributed by atoms with Crippen LogP contribution in [0.15, 0.2) is 36.4 Å². The summed E-state index contributed by atoms with van der Waals surface area (Å²) in [6, 6.07) is 8.17. The van der Waals surface area contributed by atoms with E-state index in [-0.39, 0.29) is 19.6 Å². The fourth-order valence-corrected chi connectivity index (χ4v) is 1.78. The van der Waals surface area contributed by atoms with Gasteiger partial charge in [-0.3, -0.25) is 9.59 Å². The van der Waals surface area contributed by atoms with Gasteiger partial charge in [0, 0.05) is 6.08 Å². The number of carbonyl (C=O) groups excluding carboxylic acids is 3. The molecule has 0 unspecified atom stereocenters. The molecule has 0 aliphatic rings. The first-order valence-corrected chi connectivity index (χ1v) is 7.42. The van der Waals surface area contributed by atoms with E-state index in [9.17, 15) is 14.4 Å². The molecule has 0 bridgehead atoms. The second-order valence-corrected chi connectivity index (χ2v) is 4.57. The summed E-state index contributed by atoms with van der Waals surface area (Å²) in [6.07, 6.45) is 2.65. The van der Waals surface area contributed by atoms with E-state index < -0.39 is 23.9 Å². The lowest BCUT2D eigenvalue weighted by molar-refractivity contribution is -0.153. The summed E-state index contributed by atoms with van der Waals surface area (Å²) >= 11 is 0. The molecule has 23 heavy (non-hydrogen) atoms. The number of benzene rings is 1. The minimum Gasteiger partial charge on any atom is -0.466 e. The lowest BCUT2D eigenvalue weighted by Crippen LogP contribution is -2.42. The van der Waals surface area contributed by atoms with Gasteiger partial charge in [-0.25, -0.2) is 4.79 Å². The molecule has 1 atom stereocenters. The molecule has 0 aromatic heterocycles. The first kappa shape index (κ1) is 18.4. The van der Waals surface area contributed by atoms with Crippen LogP contribution in [0.4, 0.5) is 0 Å². The molecule has 1 aromatic rings. The molecular weight excluding hydrogens is 298 g/mol. The lowest BCUT2D eigenvalue weighted by Gasteiger charge is -2.15. The van der Waals surface area contributed by atoms with E-state index in [0.717, 1.165) is 5.56 Å². The first-order valence-electron chi connectivity index (χ1n) is 7.42. The molecule has 0 spiro atoms. The summed E-state index contributed by atoms with van der Waals surface area (Å²) in [5.41, 5.74) is 0.848. The highest BCUT2D eigenvalue weighted by Crippen LogP contribution is 2.02. The maximum Gasteiger partial charge on any atom is 0.329 e. The molecule has 0 heterocycles. The van der Waals surface area contributed by atoms with Crippen LogP contribution in [0.1, 0.15) is 25.8 Å². The summed E-state index contributed by atoms with van der Waals surface area (Å²) in [5, 5.41) is 2.46. The van der Waals surface area contributed by atoms with Gasteiger partial charge in [0.1, 0.15) is 6.04 Å². The number of nitrogens with one attached hydrogen (secondary N) is 1. The Labute approximate surface area is 135 Å². The van der Waals surface area contributed by atoms with Gasteiger partial charge < -0.3 is 14.8 Å². The van der Waals surface area contributed by atoms with Crippen LogP contribution < -0.4 is 5.32 Å². The maximum absolute atomic E-state index is 11.9. The minimum atomic E-state index is -1.07. The van der Waals surface area contributed by atoms with Gasteiger partial charge in [-0.15, -0.1) is 0 Å². The van der Waals surface area contributed by atoms with Crippen molar-refractivity contribution in [3.05, 3.63) is 42.0 Å². The van der Waals surface area contributed by atoms with Crippen molar-refractivity contribution in [2.75, 3.05) is 13.2 Å². The largest absolute Gasteiger partial charge is 0.466 e. The Balaban J connectivity index is 2.67. The molecule has 0 aliphatic carbocycles. The van der Waals surface area contributed by atoms with Gasteiger partial charge in [-0.2, -0.15) is 0 Å². The van der Waals surface area contributed by atoms with Crippen molar-refractivity contribution in [3.63, 3.8) is 0 Å². The van der Waals surface area contributed by atoms with Crippen molar-refractivity contribution in [2.45, 2.75) is 26.3 Å². The highest BCUT2D eigenvalue weighted by molar-refractivity contribution is 5.95. The van der Waals surface area contributed by atoms with Gasteiger partial charge in [0.15, 0.2) is 0 Å². The van der Waals surface area contributed by atoms with E-state index in [1.807, 2.05) is 30.3 Å². The molecule has 0 saturated carbocycles. The van der Waals surface area contributed by atoms with Crippen LogP contribution in [0, 0.1) is 0 Å². The van der Waals surface area contributed by atoms with Gasteiger partial charge >= 0.3 is 11.9 Å². The van der Waals surface area contributed by atoms with Crippen LogP contribution in [0.5, 0.6) is 0 Å². The molecule has 1 amide bonds. The smallest absolute Gasteiger partial charge is 0.329 e. The zero-order valence-corrected chi connectivity index (χ0v) is 13.3. The molecule has 0 saturated heterocycles. The van der Waals surface area contributed by atoms with Crippen LogP contribution in [-0.2, 0) is 23.9 Å². The van der Waals surface area contributed by atoms with Gasteiger partial charge in [0.2, 0.25) is 5.91 Å². The predicted octanol–water partition coefficient (Wildman–Crippen LogP) is 1.70. The number of hydrogen-bond donors (Lipinski definition) is 1. The van der Waals surface area contributed by atoms with E-state index in [2.05, 4.69) is 5.32 Å². The topological polar surface area (TPSA) is 81.7 Å². The second kappa shape index (κ2) is 10.2. The van der Waals surface area contributed by atoms with Crippen molar-refractivity contribution < 1.29 is 23.9 Å². The fraction of sp³-hybridized carbons (Fsp3) is 0.353. The fourth-order valence-electron chi connectivity index (χ4n) is 1.78. The van der Waals surface area contributed by atoms with Gasteiger partial charge in [0.05, 0.1) is 19.6 Å². The van der Waals surface area contributed by atoms with Crippen LogP contribution in [0.25, 0.3) is 6.08 Å². The monoisotopic (exact) mass is 319 g/mol. The third kappa shape index (κ3) is 7.26. The van der Waals surface area contributed by atoms with Crippen molar-refractivity contribution in [3.8, 4) is 0 Å². The lowest BCUT2D eigenvalue weighted by atomic mass is 10.2. The molecule has 124 valence electrons. The number of carbonyl (C=O) groups is 3. The molecule has 6 heteroatoms. The average molecular weight is 319 g/mol. The van der Waals surface area contributed by atoms with E-state index in [0.29, 0.717) is 0 Å². The molecule has 1 N–H and O–H groups in total. The number of amides is 1. The van der Waals surface area contributed by atoms with Crippen LogP contribution in [0.3, 0.4) is 0 Å². The van der Waals surface area contributed by atoms with Crippen molar-refractivity contribution in [2.24, 2.45) is 0 Å². The molecular formula is C17H21NO5. The Hall–Kier alpha value is -2.63. The van der Waals surface area contributed by atoms with Crippen molar-refractivity contribution in [1.82, 2.24) is 5.32 Å². The van der Waals surface area contributed by atoms with E-state index in [1.165, 1.54) is 6.08 Å². The first-order chi connectivity index (χ1) is 11.1. The molecule has 1 aromatic carbocycles. The van der Waals surface area contributed by atoms with Gasteiger partial charge in [0.25, 0.3) is 0 Å². The highest BCUT2D eigenvalue weighted by atomic mass is 16.5. The number of ether oxygens (including phenoxy) is 2. The Morgan fingerprint density at radius 1 is 1.09 bits per heavy atom. The van der Waals surface area contributed by atoms with Crippen LogP contribution in [-0.4, -0.2) is 37.1 Å². The molecule has 0 radical (unpaired) electrons. The summed E-state index contributed by atoms with van der Waals surface area (Å²) in [6.45, 7) is 3.68. The van der Waals surface area contributed by atoms with Crippen molar-refractivity contribution in [1.29, 1.82) is 0 Å². The third-order valence-corrected chi connectivity index (χ3v) is 2.79. The normalized spacial score (nSPS) is 11.7. The predicted molar refractivity (Wildman–Crippen MR) is 85.3 cm³/mol. The van der Waals surface area contributed by atoms with Gasteiger partial charge in [-0.05, 0) is 25.5 Å². The molecule has 1 rings (SSSR count). The SMILES string of the molecule is CCOC(=O)C[C@H](NC(=O)/C=C/c1ccccc1)C(=O)OCC. The standard InChI is InChI=1S/C17H21NO5/c1-3-22-16(20)12-14(17(21)23-4-2)18-15(19)11-10-13-8-6-5-7-9-13/h5-11,14H,3-4,12H2,1-2H3,(H,18,19)/b11-10+/t14-/m0/s1. The Bertz CT molecular complexity index is 553. The van der Waals surface area contributed by atoms with Gasteiger partial charge in [-0.1, -0.05) is 30.3 Å². The maximum atomic E-state index is 11.9. The average Bonchev–Trinajstić information content (AvgIpc) is 2.54. The number of rotatable bonds is 8. The number of esters is 2. The highest BCUT2D eigenvalue weighted by Gasteiger charge is 2.25. The summed E-state index contributed by atoms with van der Waals surface area (Å²) in [5.74, 6) is -1.73. The summed E-state index contributed by atoms with van der Waals surface area (Å²) in [7, 11) is 0. The Kier molecular flexibility index (Phi) is 8.13. The number of hydrogen-bond acceptors (Lipinski definition) is 5. The Morgan fingerprint density at radius 3 is 2.35 bits per heavy atom. The minimum absolute atomic E-state index is 0.161. The third-order valence-electron chi connectivity index (χ3n) is 2.79. The van der Waals surface area contributed by atoms with Crippen molar-refractivity contribution >= 4 is 23.9 Å². The zero-order valence-electron chi connectivity index (χ0n) is 13.3. The second-order valence-electron chi connectivity index (χ2n) is 4.57. The van der Waals surface area contributed by atoms with Crippen LogP contribution >= 0.6 is 0 Å². The molecule has 6 nitrogen and oxygen atoms in total.